The summed E-state index contributed by atoms with van der Waals surface area (Å²) >= 11 is 0. The Morgan fingerprint density at radius 1 is 0.895 bits per heavy atom. The van der Waals surface area contributed by atoms with E-state index >= 15 is 0 Å². The van der Waals surface area contributed by atoms with Crippen molar-refractivity contribution in [1.29, 1.82) is 0 Å². The van der Waals surface area contributed by atoms with Crippen LogP contribution >= 0.6 is 0 Å². The van der Waals surface area contributed by atoms with Gasteiger partial charge in [0, 0.05) is 30.6 Å². The average molecular weight is 537 g/mol. The summed E-state index contributed by atoms with van der Waals surface area (Å²) in [6, 6.07) is 17.9. The molecule has 2 unspecified atom stereocenters. The van der Waals surface area contributed by atoms with Crippen molar-refractivity contribution in [2.24, 2.45) is 0 Å². The zero-order valence-electron chi connectivity index (χ0n) is 21.5. The molecule has 2 bridgehead atoms. The molecular formula is C30H33FN2O4S. The van der Waals surface area contributed by atoms with E-state index in [4.69, 9.17) is 9.47 Å². The highest BCUT2D eigenvalue weighted by Gasteiger charge is 2.41. The summed E-state index contributed by atoms with van der Waals surface area (Å²) in [6.07, 6.45) is 5.66. The number of hydrogen-bond donors (Lipinski definition) is 1. The number of sulfone groups is 1. The normalized spacial score (nSPS) is 23.0. The molecule has 3 aliphatic heterocycles. The van der Waals surface area contributed by atoms with Crippen molar-refractivity contribution in [2.75, 3.05) is 25.1 Å². The maximum atomic E-state index is 13.7. The summed E-state index contributed by atoms with van der Waals surface area (Å²) in [6.45, 7) is 1.71. The molecule has 2 saturated heterocycles. The van der Waals surface area contributed by atoms with Gasteiger partial charge in [-0.1, -0.05) is 0 Å². The fraction of sp³-hybridized carbons (Fsp3) is 0.400. The highest BCUT2D eigenvalue weighted by molar-refractivity contribution is 7.91. The number of nitrogens with one attached hydrogen (secondary N) is 1. The van der Waals surface area contributed by atoms with Crippen LogP contribution in [0.2, 0.25) is 0 Å². The molecule has 6 rings (SSSR count). The van der Waals surface area contributed by atoms with Gasteiger partial charge in [0.2, 0.25) is 9.84 Å². The number of ether oxygens (including phenoxy) is 2. The Labute approximate surface area is 223 Å². The highest BCUT2D eigenvalue weighted by atomic mass is 32.2. The molecule has 3 aromatic rings. The van der Waals surface area contributed by atoms with Crippen molar-refractivity contribution >= 4 is 15.5 Å². The van der Waals surface area contributed by atoms with Gasteiger partial charge >= 0.3 is 0 Å². The van der Waals surface area contributed by atoms with Gasteiger partial charge in [-0.15, -0.1) is 0 Å². The lowest BCUT2D eigenvalue weighted by molar-refractivity contribution is 0.150. The van der Waals surface area contributed by atoms with Gasteiger partial charge in [-0.25, -0.2) is 12.8 Å². The lowest BCUT2D eigenvalue weighted by Crippen LogP contribution is -2.46. The molecule has 38 heavy (non-hydrogen) atoms. The molecule has 2 fully saturated rings. The van der Waals surface area contributed by atoms with E-state index < -0.39 is 9.84 Å². The van der Waals surface area contributed by atoms with Crippen molar-refractivity contribution in [3.8, 4) is 11.5 Å². The van der Waals surface area contributed by atoms with Crippen LogP contribution in [-0.4, -0.2) is 46.8 Å². The number of halogens is 1. The van der Waals surface area contributed by atoms with Crippen LogP contribution < -0.4 is 19.7 Å². The van der Waals surface area contributed by atoms with E-state index in [1.807, 2.05) is 18.2 Å². The minimum absolute atomic E-state index is 0.0877. The quantitative estimate of drug-likeness (QED) is 0.482. The number of nitrogens with zero attached hydrogens (tertiary/aromatic N) is 1. The zero-order chi connectivity index (χ0) is 26.3. The summed E-state index contributed by atoms with van der Waals surface area (Å²) in [5, 5.41) is 3.37. The average Bonchev–Trinajstić information content (AvgIpc) is 3.07. The molecule has 8 heteroatoms. The van der Waals surface area contributed by atoms with Gasteiger partial charge in [-0.3, -0.25) is 0 Å². The standard InChI is InChI=1S/C30H33FN2O4S/c1-36-29-16-20-12-14-32-15-13-21(20)17-30(29)38(34,35)28-10-6-23(7-11-28)33-24-4-5-25(33)19-27(18-24)37-26-8-2-22(31)3-9-26/h2-3,6-11,16-17,24-25,27,32H,4-5,12-15,18-19H2,1H3. The van der Waals surface area contributed by atoms with E-state index in [9.17, 15) is 12.8 Å². The highest BCUT2D eigenvalue weighted by Crippen LogP contribution is 2.41. The fourth-order valence-corrected chi connectivity index (χ4v) is 7.78. The van der Waals surface area contributed by atoms with E-state index in [2.05, 4.69) is 10.2 Å². The van der Waals surface area contributed by atoms with Crippen molar-refractivity contribution in [3.63, 3.8) is 0 Å². The Kier molecular flexibility index (Phi) is 6.78. The van der Waals surface area contributed by atoms with E-state index in [0.717, 1.165) is 68.4 Å². The van der Waals surface area contributed by atoms with Crippen LogP contribution in [0.15, 0.2) is 70.5 Å². The Morgan fingerprint density at radius 3 is 2.16 bits per heavy atom. The van der Waals surface area contributed by atoms with E-state index in [1.54, 1.807) is 30.3 Å². The molecule has 3 heterocycles. The summed E-state index contributed by atoms with van der Waals surface area (Å²) in [5.74, 6) is 0.829. The largest absolute Gasteiger partial charge is 0.495 e. The van der Waals surface area contributed by atoms with Crippen LogP contribution in [0.3, 0.4) is 0 Å². The molecule has 0 aliphatic carbocycles. The molecule has 6 nitrogen and oxygen atoms in total. The lowest BCUT2D eigenvalue weighted by Gasteiger charge is -2.40. The monoisotopic (exact) mass is 536 g/mol. The number of methoxy groups -OCH3 is 1. The predicted molar refractivity (Wildman–Crippen MR) is 145 cm³/mol. The molecular weight excluding hydrogens is 503 g/mol. The van der Waals surface area contributed by atoms with Crippen LogP contribution in [0.4, 0.5) is 10.1 Å². The molecule has 0 spiro atoms. The molecule has 0 aromatic heterocycles. The number of fused-ring (bicyclic) bond motifs is 3. The fourth-order valence-electron chi connectivity index (χ4n) is 6.33. The van der Waals surface area contributed by atoms with Crippen molar-refractivity contribution in [2.45, 2.75) is 66.5 Å². The third-order valence-electron chi connectivity index (χ3n) is 8.17. The van der Waals surface area contributed by atoms with Crippen molar-refractivity contribution in [1.82, 2.24) is 5.32 Å². The zero-order valence-corrected chi connectivity index (χ0v) is 22.3. The third-order valence-corrected chi connectivity index (χ3v) is 9.96. The van der Waals surface area contributed by atoms with Gasteiger partial charge in [0.1, 0.15) is 28.3 Å². The molecule has 3 aromatic carbocycles. The lowest BCUT2D eigenvalue weighted by atomic mass is 9.98. The first kappa shape index (κ1) is 25.2. The molecule has 0 saturated carbocycles. The Bertz CT molecular complexity index is 1400. The Morgan fingerprint density at radius 2 is 1.53 bits per heavy atom. The molecule has 0 radical (unpaired) electrons. The maximum absolute atomic E-state index is 13.7. The summed E-state index contributed by atoms with van der Waals surface area (Å²) < 4.78 is 52.4. The first-order valence-corrected chi connectivity index (χ1v) is 14.9. The molecule has 3 aliphatic rings. The first-order chi connectivity index (χ1) is 18.4. The molecule has 1 N–H and O–H groups in total. The number of hydrogen-bond acceptors (Lipinski definition) is 6. The number of rotatable bonds is 6. The SMILES string of the molecule is COc1cc2c(cc1S(=O)(=O)c1ccc(N3C4CCC3CC(Oc3ccc(F)cc3)C4)cc1)CCNCC2. The first-order valence-electron chi connectivity index (χ1n) is 13.4. The Hall–Kier alpha value is -3.10. The van der Waals surface area contributed by atoms with Crippen LogP contribution in [-0.2, 0) is 22.7 Å². The minimum atomic E-state index is -3.74. The van der Waals surface area contributed by atoms with Crippen molar-refractivity contribution < 1.29 is 22.3 Å². The van der Waals surface area contributed by atoms with Gasteiger partial charge in [0.25, 0.3) is 0 Å². The molecule has 0 amide bonds. The summed E-state index contributed by atoms with van der Waals surface area (Å²) in [4.78, 5) is 2.93. The van der Waals surface area contributed by atoms with Gasteiger partial charge < -0.3 is 19.7 Å². The molecule has 2 atom stereocenters. The van der Waals surface area contributed by atoms with Crippen LogP contribution in [0.25, 0.3) is 0 Å². The van der Waals surface area contributed by atoms with Gasteiger partial charge in [-0.2, -0.15) is 0 Å². The minimum Gasteiger partial charge on any atom is -0.495 e. The Balaban J connectivity index is 1.21. The van der Waals surface area contributed by atoms with Crippen LogP contribution in [0.1, 0.15) is 36.8 Å². The molecule has 200 valence electrons. The smallest absolute Gasteiger partial charge is 0.210 e. The van der Waals surface area contributed by atoms with E-state index in [-0.39, 0.29) is 21.7 Å². The predicted octanol–water partition coefficient (Wildman–Crippen LogP) is 4.93. The van der Waals surface area contributed by atoms with E-state index in [0.29, 0.717) is 23.6 Å². The number of piperidine rings is 1. The van der Waals surface area contributed by atoms with Crippen molar-refractivity contribution in [3.05, 3.63) is 77.6 Å². The second-order valence-electron chi connectivity index (χ2n) is 10.5. The summed E-state index contributed by atoms with van der Waals surface area (Å²) in [7, 11) is -2.22. The van der Waals surface area contributed by atoms with Gasteiger partial charge in [0.05, 0.1) is 12.0 Å². The second-order valence-corrected chi connectivity index (χ2v) is 12.4. The van der Waals surface area contributed by atoms with Crippen LogP contribution in [0.5, 0.6) is 11.5 Å². The number of benzene rings is 3. The topological polar surface area (TPSA) is 67.9 Å². The third kappa shape index (κ3) is 4.76. The van der Waals surface area contributed by atoms with Gasteiger partial charge in [0.15, 0.2) is 0 Å². The number of anilines is 1. The second kappa shape index (κ2) is 10.2. The summed E-state index contributed by atoms with van der Waals surface area (Å²) in [5.41, 5.74) is 3.24. The maximum Gasteiger partial charge on any atom is 0.210 e. The van der Waals surface area contributed by atoms with Gasteiger partial charge in [-0.05, 0) is 111 Å². The van der Waals surface area contributed by atoms with E-state index in [1.165, 1.54) is 19.2 Å². The van der Waals surface area contributed by atoms with Crippen LogP contribution in [0, 0.1) is 5.82 Å².